The minimum Gasteiger partial charge on any atom is -0.336 e. The van der Waals surface area contributed by atoms with Crippen molar-refractivity contribution in [3.8, 4) is 11.1 Å². The molecule has 11 heteroatoms. The molecule has 3 aromatic carbocycles. The van der Waals surface area contributed by atoms with Crippen molar-refractivity contribution in [3.63, 3.8) is 0 Å². The van der Waals surface area contributed by atoms with E-state index in [1.54, 1.807) is 0 Å². The van der Waals surface area contributed by atoms with Crippen molar-refractivity contribution in [2.24, 2.45) is 0 Å². The van der Waals surface area contributed by atoms with Gasteiger partial charge in [-0.3, -0.25) is 9.59 Å². The van der Waals surface area contributed by atoms with Gasteiger partial charge >= 0.3 is 6.18 Å². The Morgan fingerprint density at radius 1 is 0.957 bits per heavy atom. The van der Waals surface area contributed by atoms with Crippen molar-refractivity contribution in [1.29, 1.82) is 0 Å². The summed E-state index contributed by atoms with van der Waals surface area (Å²) in [5.74, 6) is -1.50. The van der Waals surface area contributed by atoms with Crippen LogP contribution in [0, 0.1) is 5.82 Å². The first-order valence-corrected chi connectivity index (χ1v) is 15.2. The van der Waals surface area contributed by atoms with E-state index in [1.807, 2.05) is 0 Å². The molecule has 47 heavy (non-hydrogen) atoms. The molecule has 0 aliphatic heterocycles. The van der Waals surface area contributed by atoms with Gasteiger partial charge in [0.15, 0.2) is 5.16 Å². The van der Waals surface area contributed by atoms with Crippen molar-refractivity contribution >= 4 is 17.7 Å². The SMILES string of the molecule is [2H]c1c([2H])c(-c2c([2H])c([2H])c(C(F)(F)F)c([2H])c2[2H])c([2H])c([2H])c1CN(CCN(C([2H])([2H])C)C([2H])([2H])C)C(=O)Cn1c(SC([2H])([2H])c2ccc(F)cc2)nc(=O)c2c1CCC2. The van der Waals surface area contributed by atoms with Crippen LogP contribution in [0.2, 0.25) is 0 Å². The lowest BCUT2D eigenvalue weighted by molar-refractivity contribution is -0.137. The van der Waals surface area contributed by atoms with E-state index in [0.717, 1.165) is 35.8 Å². The molecule has 1 aliphatic carbocycles. The number of aromatic nitrogens is 2. The van der Waals surface area contributed by atoms with Gasteiger partial charge in [-0.2, -0.15) is 18.2 Å². The Balaban J connectivity index is 1.64. The molecular formula is C36H38F4N4O2S. The number of rotatable bonds is 13. The summed E-state index contributed by atoms with van der Waals surface area (Å²) < 4.78 is 174. The molecule has 248 valence electrons. The summed E-state index contributed by atoms with van der Waals surface area (Å²) in [5.41, 5.74) is -6.53. The normalized spacial score (nSPS) is 18.0. The minimum atomic E-state index is -5.31. The van der Waals surface area contributed by atoms with E-state index < -0.39 is 139 Å². The number of hydrogen-bond donors (Lipinski definition) is 0. The number of carbonyl (C=O) groups excluding carboxylic acids is 1. The lowest BCUT2D eigenvalue weighted by atomic mass is 10.0. The van der Waals surface area contributed by atoms with Crippen LogP contribution >= 0.6 is 11.8 Å². The van der Waals surface area contributed by atoms with Crippen LogP contribution < -0.4 is 5.56 Å². The van der Waals surface area contributed by atoms with Crippen LogP contribution in [0.1, 0.15) is 67.4 Å². The largest absolute Gasteiger partial charge is 0.416 e. The molecule has 0 bridgehead atoms. The van der Waals surface area contributed by atoms with Crippen LogP contribution in [0.15, 0.2) is 82.6 Å². The number of thioether (sulfide) groups is 1. The fourth-order valence-electron chi connectivity index (χ4n) is 4.85. The Morgan fingerprint density at radius 3 is 2.21 bits per heavy atom. The first-order chi connectivity index (χ1) is 28.0. The van der Waals surface area contributed by atoms with Crippen molar-refractivity contribution < 1.29 is 41.5 Å². The number of fused-ring (bicyclic) bond motifs is 1. The van der Waals surface area contributed by atoms with Crippen molar-refractivity contribution in [2.45, 2.75) is 63.2 Å². The van der Waals surface area contributed by atoms with E-state index in [2.05, 4.69) is 4.98 Å². The lowest BCUT2D eigenvalue weighted by Crippen LogP contribution is -2.40. The van der Waals surface area contributed by atoms with Crippen LogP contribution in [0.4, 0.5) is 17.6 Å². The average Bonchev–Trinajstić information content (AvgIpc) is 3.63. The average molecular weight is 681 g/mol. The van der Waals surface area contributed by atoms with E-state index in [9.17, 15) is 27.2 Å². The van der Waals surface area contributed by atoms with Gasteiger partial charge in [-0.1, -0.05) is 74.0 Å². The van der Waals surface area contributed by atoms with Crippen LogP contribution in [-0.2, 0) is 42.6 Å². The molecule has 0 N–H and O–H groups in total. The van der Waals surface area contributed by atoms with Crippen LogP contribution in [-0.4, -0.2) is 51.3 Å². The number of likely N-dealkylation sites (N-methyl/N-ethyl adjacent to an activating group) is 1. The smallest absolute Gasteiger partial charge is 0.336 e. The number of halogens is 4. The highest BCUT2D eigenvalue weighted by Gasteiger charge is 2.30. The third-order valence-corrected chi connectivity index (χ3v) is 8.10. The molecule has 1 aliphatic rings. The molecule has 0 spiro atoms. The topological polar surface area (TPSA) is 58.4 Å². The fraction of sp³-hybridized carbons (Fsp3) is 0.361. The standard InChI is InChI=1S/C36H38F4N4O2S/c1-3-42(4-2)20-21-43(22-25-8-12-27(13-9-25)28-14-16-29(17-15-28)36(38,39)40)33(45)23-44-32-7-5-6-31(32)34(46)41-35(44)47-24-26-10-18-30(37)19-11-26/h8-19H,3-7,20-24H2,1-2H3/i3D2,4D2,8D,9D,12D,13D,14D,15D,16D,17D,24D2. The first-order valence-electron chi connectivity index (χ1n) is 21.4. The highest BCUT2D eigenvalue weighted by atomic mass is 32.2. The van der Waals surface area contributed by atoms with Gasteiger partial charge in [0.05, 0.1) is 16.5 Å². The molecule has 0 fully saturated rings. The Bertz CT molecular complexity index is 2370. The molecule has 5 rings (SSSR count). The summed E-state index contributed by atoms with van der Waals surface area (Å²) in [6.07, 6.45) is -4.27. The highest BCUT2D eigenvalue weighted by molar-refractivity contribution is 7.98. The second-order valence-electron chi connectivity index (χ2n) is 10.3. The maximum absolute atomic E-state index is 14.5. The minimum absolute atomic E-state index is 0.00646. The summed E-state index contributed by atoms with van der Waals surface area (Å²) in [5, 5.41) is -0.241. The highest BCUT2D eigenvalue weighted by Crippen LogP contribution is 2.31. The molecule has 0 unspecified atom stereocenters. The molecule has 1 amide bonds. The van der Waals surface area contributed by atoms with E-state index in [0.29, 0.717) is 30.3 Å². The van der Waals surface area contributed by atoms with E-state index in [-0.39, 0.29) is 22.7 Å². The second-order valence-corrected chi connectivity index (χ2v) is 11.1. The van der Waals surface area contributed by atoms with E-state index in [4.69, 9.17) is 19.2 Å². The Morgan fingerprint density at radius 2 is 1.60 bits per heavy atom. The van der Waals surface area contributed by atoms with Crippen LogP contribution in [0.3, 0.4) is 0 Å². The van der Waals surface area contributed by atoms with Crippen molar-refractivity contribution in [2.75, 3.05) is 26.1 Å². The number of hydrogen-bond acceptors (Lipinski definition) is 5. The Hall–Kier alpha value is -3.96. The summed E-state index contributed by atoms with van der Waals surface area (Å²) in [7, 11) is 0. The van der Waals surface area contributed by atoms with Gasteiger partial charge < -0.3 is 14.4 Å². The fourth-order valence-corrected chi connectivity index (χ4v) is 5.60. The molecule has 0 atom stereocenters. The van der Waals surface area contributed by atoms with Gasteiger partial charge in [0.25, 0.3) is 5.56 Å². The summed E-state index contributed by atoms with van der Waals surface area (Å²) in [6, 6.07) is -4.85. The van der Waals surface area contributed by atoms with Gasteiger partial charge in [0.2, 0.25) is 5.91 Å². The third-order valence-electron chi connectivity index (χ3n) is 7.27. The van der Waals surface area contributed by atoms with Gasteiger partial charge in [0, 0.05) is 44.8 Å². The predicted molar refractivity (Wildman–Crippen MR) is 177 cm³/mol. The van der Waals surface area contributed by atoms with Gasteiger partial charge in [-0.15, -0.1) is 0 Å². The van der Waals surface area contributed by atoms with Crippen molar-refractivity contribution in [3.05, 3.63) is 117 Å². The molecule has 4 aromatic rings. The molecule has 6 nitrogen and oxygen atoms in total. The lowest BCUT2D eigenvalue weighted by Gasteiger charge is -2.28. The molecule has 1 aromatic heterocycles. The summed E-state index contributed by atoms with van der Waals surface area (Å²) in [4.78, 5) is 33.5. The number of amides is 1. The van der Waals surface area contributed by atoms with Gasteiger partial charge in [-0.05, 0) is 78.7 Å². The van der Waals surface area contributed by atoms with E-state index in [1.165, 1.54) is 16.7 Å². The van der Waals surface area contributed by atoms with Crippen molar-refractivity contribution in [1.82, 2.24) is 19.4 Å². The third kappa shape index (κ3) is 8.70. The number of carbonyl (C=O) groups is 1. The predicted octanol–water partition coefficient (Wildman–Crippen LogP) is 7.22. The number of alkyl halides is 3. The quantitative estimate of drug-likeness (QED) is 0.0849. The van der Waals surface area contributed by atoms with Gasteiger partial charge in [0.1, 0.15) is 12.4 Å². The Labute approximate surface area is 296 Å². The number of benzene rings is 3. The van der Waals surface area contributed by atoms with Crippen LogP contribution in [0.25, 0.3) is 11.1 Å². The Kier molecular flexibility index (Phi) is 6.64. The number of nitrogens with zero attached hydrogens (tertiary/aromatic N) is 4. The molecule has 1 heterocycles. The zero-order chi connectivity index (χ0) is 45.9. The molecular weight excluding hydrogens is 628 g/mol. The van der Waals surface area contributed by atoms with Crippen LogP contribution in [0.5, 0.6) is 0 Å². The zero-order valence-corrected chi connectivity index (χ0v) is 26.1. The first kappa shape index (κ1) is 20.4. The summed E-state index contributed by atoms with van der Waals surface area (Å²) in [6.45, 7) is -4.97. The second kappa shape index (κ2) is 15.3. The van der Waals surface area contributed by atoms with Gasteiger partial charge in [-0.25, -0.2) is 4.39 Å². The molecule has 0 saturated carbocycles. The maximum Gasteiger partial charge on any atom is 0.416 e. The molecule has 0 radical (unpaired) electrons. The maximum atomic E-state index is 14.5. The summed E-state index contributed by atoms with van der Waals surface area (Å²) >= 11 is 0.464. The molecule has 0 saturated heterocycles. The van der Waals surface area contributed by atoms with E-state index >= 15 is 0 Å². The monoisotopic (exact) mass is 680 g/mol. The zero-order valence-electron chi connectivity index (χ0n) is 39.3.